The van der Waals surface area contributed by atoms with Gasteiger partial charge in [-0.1, -0.05) is 22.8 Å². The van der Waals surface area contributed by atoms with Crippen LogP contribution in [0.25, 0.3) is 11.0 Å². The summed E-state index contributed by atoms with van der Waals surface area (Å²) in [5.41, 5.74) is 3.72. The molecule has 0 bridgehead atoms. The first-order chi connectivity index (χ1) is 12.9. The van der Waals surface area contributed by atoms with Crippen LogP contribution >= 0.6 is 11.6 Å². The summed E-state index contributed by atoms with van der Waals surface area (Å²) >= 11 is 6.21. The van der Waals surface area contributed by atoms with Crippen LogP contribution in [0.4, 0.5) is 15.8 Å². The number of fused-ring (bicyclic) bond motifs is 1. The van der Waals surface area contributed by atoms with Gasteiger partial charge in [0.1, 0.15) is 0 Å². The third kappa shape index (κ3) is 3.87. The predicted octanol–water partition coefficient (Wildman–Crippen LogP) is 3.63. The number of aliphatic hydroxyl groups is 1. The fraction of sp³-hybridized carbons (Fsp3) is 0.222. The predicted molar refractivity (Wildman–Crippen MR) is 98.7 cm³/mol. The number of carbonyl (C=O) groups excluding carboxylic acids is 1. The van der Waals surface area contributed by atoms with E-state index in [9.17, 15) is 4.79 Å². The fourth-order valence-electron chi connectivity index (χ4n) is 2.53. The number of hydroxylamine groups is 1. The van der Waals surface area contributed by atoms with Gasteiger partial charge in [0, 0.05) is 5.39 Å². The molecular weight excluding hydrogens is 377 g/mol. The van der Waals surface area contributed by atoms with Crippen molar-refractivity contribution in [3.63, 3.8) is 0 Å². The average molecular weight is 394 g/mol. The molecule has 27 heavy (non-hydrogen) atoms. The third-order valence-corrected chi connectivity index (χ3v) is 4.18. The Morgan fingerprint density at radius 3 is 2.85 bits per heavy atom. The number of hydrogen-bond acceptors (Lipinski definition) is 6. The highest BCUT2D eigenvalue weighted by atomic mass is 35.5. The summed E-state index contributed by atoms with van der Waals surface area (Å²) in [5.74, 6) is -1.48. The summed E-state index contributed by atoms with van der Waals surface area (Å²) in [5, 5.41) is 16.1. The van der Waals surface area contributed by atoms with Crippen molar-refractivity contribution in [3.05, 3.63) is 51.9 Å². The number of benzene rings is 2. The standard InChI is InChI=1S/C18H17ClFN3O4/c1-9-3-4-14(13(19)7-9)21-16-12(18(25)23-26-6-5-24)8-11-10(2)22-27-17(11)15(16)20/h3-4,7-8,21,24H,5-6H2,1-2H3,(H,23,25). The Labute approximate surface area is 159 Å². The lowest BCUT2D eigenvalue weighted by Gasteiger charge is -2.14. The van der Waals surface area contributed by atoms with Gasteiger partial charge in [-0.25, -0.2) is 9.87 Å². The van der Waals surface area contributed by atoms with Gasteiger partial charge in [0.15, 0.2) is 5.82 Å². The highest BCUT2D eigenvalue weighted by molar-refractivity contribution is 6.33. The quantitative estimate of drug-likeness (QED) is 0.437. The van der Waals surface area contributed by atoms with Crippen LogP contribution in [0.2, 0.25) is 5.02 Å². The topological polar surface area (TPSA) is 96.6 Å². The van der Waals surface area contributed by atoms with E-state index in [2.05, 4.69) is 16.0 Å². The van der Waals surface area contributed by atoms with Crippen LogP contribution in [-0.4, -0.2) is 29.4 Å². The zero-order chi connectivity index (χ0) is 19.6. The van der Waals surface area contributed by atoms with Crippen molar-refractivity contribution in [1.29, 1.82) is 0 Å². The molecule has 0 radical (unpaired) electrons. The first kappa shape index (κ1) is 19.1. The molecule has 0 spiro atoms. The molecule has 0 atom stereocenters. The van der Waals surface area contributed by atoms with Crippen LogP contribution in [0, 0.1) is 19.7 Å². The van der Waals surface area contributed by atoms with Gasteiger partial charge in [-0.2, -0.15) is 0 Å². The normalized spacial score (nSPS) is 11.0. The van der Waals surface area contributed by atoms with E-state index in [0.717, 1.165) is 5.56 Å². The first-order valence-electron chi connectivity index (χ1n) is 8.07. The Kier molecular flexibility index (Phi) is 5.59. The van der Waals surface area contributed by atoms with Crippen molar-refractivity contribution in [1.82, 2.24) is 10.6 Å². The molecule has 142 valence electrons. The minimum atomic E-state index is -0.781. The van der Waals surface area contributed by atoms with Crippen molar-refractivity contribution < 1.29 is 23.7 Å². The SMILES string of the molecule is Cc1ccc(Nc2c(C(=O)NOCCO)cc3c(C)noc3c2F)c(Cl)c1. The van der Waals surface area contributed by atoms with Gasteiger partial charge in [0.25, 0.3) is 5.91 Å². The Bertz CT molecular complexity index is 1010. The summed E-state index contributed by atoms with van der Waals surface area (Å²) in [6.07, 6.45) is 0. The van der Waals surface area contributed by atoms with E-state index in [-0.39, 0.29) is 30.0 Å². The first-order valence-corrected chi connectivity index (χ1v) is 8.44. The number of carbonyl (C=O) groups is 1. The molecule has 3 N–H and O–H groups in total. The van der Waals surface area contributed by atoms with Crippen molar-refractivity contribution in [2.24, 2.45) is 0 Å². The molecule has 1 heterocycles. The Morgan fingerprint density at radius 1 is 1.37 bits per heavy atom. The van der Waals surface area contributed by atoms with Crippen molar-refractivity contribution in [2.45, 2.75) is 13.8 Å². The van der Waals surface area contributed by atoms with Crippen molar-refractivity contribution in [2.75, 3.05) is 18.5 Å². The lowest BCUT2D eigenvalue weighted by atomic mass is 10.1. The zero-order valence-corrected chi connectivity index (χ0v) is 15.4. The molecule has 3 rings (SSSR count). The molecule has 0 aliphatic carbocycles. The van der Waals surface area contributed by atoms with Gasteiger partial charge in [-0.3, -0.25) is 9.63 Å². The fourth-order valence-corrected chi connectivity index (χ4v) is 2.81. The number of anilines is 2. The Morgan fingerprint density at radius 2 is 2.15 bits per heavy atom. The number of halogens is 2. The van der Waals surface area contributed by atoms with E-state index >= 15 is 4.39 Å². The lowest BCUT2D eigenvalue weighted by Crippen LogP contribution is -2.26. The van der Waals surface area contributed by atoms with Crippen LogP contribution in [0.1, 0.15) is 21.6 Å². The van der Waals surface area contributed by atoms with Gasteiger partial charge in [-0.15, -0.1) is 0 Å². The summed E-state index contributed by atoms with van der Waals surface area (Å²) < 4.78 is 20.1. The number of aliphatic hydroxyl groups excluding tert-OH is 1. The van der Waals surface area contributed by atoms with Crippen LogP contribution in [-0.2, 0) is 4.84 Å². The number of hydrogen-bond donors (Lipinski definition) is 3. The molecule has 7 nitrogen and oxygen atoms in total. The molecule has 2 aromatic carbocycles. The summed E-state index contributed by atoms with van der Waals surface area (Å²) in [6.45, 7) is 3.13. The van der Waals surface area contributed by atoms with Gasteiger partial charge >= 0.3 is 0 Å². The van der Waals surface area contributed by atoms with Gasteiger partial charge in [0.2, 0.25) is 5.58 Å². The van der Waals surface area contributed by atoms with Crippen LogP contribution in [0.3, 0.4) is 0 Å². The van der Waals surface area contributed by atoms with E-state index < -0.39 is 11.7 Å². The second-order valence-corrected chi connectivity index (χ2v) is 6.28. The minimum absolute atomic E-state index is 0.0270. The third-order valence-electron chi connectivity index (χ3n) is 3.87. The molecule has 0 aliphatic rings. The molecular formula is C18H17ClFN3O4. The highest BCUT2D eigenvalue weighted by Gasteiger charge is 2.23. The van der Waals surface area contributed by atoms with Crippen molar-refractivity contribution in [3.8, 4) is 0 Å². The second kappa shape index (κ2) is 7.91. The van der Waals surface area contributed by atoms with E-state index in [1.807, 2.05) is 6.92 Å². The van der Waals surface area contributed by atoms with E-state index in [4.69, 9.17) is 26.1 Å². The maximum Gasteiger partial charge on any atom is 0.277 e. The van der Waals surface area contributed by atoms with Gasteiger partial charge in [0.05, 0.1) is 40.9 Å². The smallest absolute Gasteiger partial charge is 0.277 e. The molecule has 0 saturated carbocycles. The van der Waals surface area contributed by atoms with Crippen LogP contribution in [0.15, 0.2) is 28.8 Å². The summed E-state index contributed by atoms with van der Waals surface area (Å²) in [7, 11) is 0. The highest BCUT2D eigenvalue weighted by Crippen LogP contribution is 2.34. The summed E-state index contributed by atoms with van der Waals surface area (Å²) in [4.78, 5) is 17.3. The number of nitrogens with one attached hydrogen (secondary N) is 2. The molecule has 0 saturated heterocycles. The molecule has 3 aromatic rings. The molecule has 9 heteroatoms. The Hall–Kier alpha value is -2.68. The lowest BCUT2D eigenvalue weighted by molar-refractivity contribution is 0.0169. The van der Waals surface area contributed by atoms with Crippen LogP contribution < -0.4 is 10.8 Å². The van der Waals surface area contributed by atoms with E-state index in [1.54, 1.807) is 25.1 Å². The Balaban J connectivity index is 2.09. The zero-order valence-electron chi connectivity index (χ0n) is 14.6. The number of aromatic nitrogens is 1. The monoisotopic (exact) mass is 393 g/mol. The molecule has 1 aromatic heterocycles. The largest absolute Gasteiger partial charge is 0.394 e. The van der Waals surface area contributed by atoms with Gasteiger partial charge < -0.3 is 14.9 Å². The number of nitrogens with zero attached hydrogens (tertiary/aromatic N) is 1. The maximum atomic E-state index is 15.1. The van der Waals surface area contributed by atoms with Crippen molar-refractivity contribution >= 4 is 39.9 Å². The second-order valence-electron chi connectivity index (χ2n) is 5.87. The van der Waals surface area contributed by atoms with Crippen LogP contribution in [0.5, 0.6) is 0 Å². The summed E-state index contributed by atoms with van der Waals surface area (Å²) in [6, 6.07) is 6.64. The van der Waals surface area contributed by atoms with Gasteiger partial charge in [-0.05, 0) is 37.6 Å². The van der Waals surface area contributed by atoms with E-state index in [1.165, 1.54) is 6.07 Å². The maximum absolute atomic E-state index is 15.1. The number of amides is 1. The number of rotatable bonds is 6. The molecule has 0 unspecified atom stereocenters. The average Bonchev–Trinajstić information content (AvgIpc) is 3.00. The molecule has 0 fully saturated rings. The molecule has 1 amide bonds. The van der Waals surface area contributed by atoms with E-state index in [0.29, 0.717) is 21.8 Å². The minimum Gasteiger partial charge on any atom is -0.394 e. The number of aryl methyl sites for hydroxylation is 2. The molecule has 0 aliphatic heterocycles.